The average Bonchev–Trinajstić information content (AvgIpc) is 2.41. The summed E-state index contributed by atoms with van der Waals surface area (Å²) < 4.78 is 36.8. The van der Waals surface area contributed by atoms with E-state index in [0.717, 1.165) is 0 Å². The highest BCUT2D eigenvalue weighted by atomic mass is 35.5. The van der Waals surface area contributed by atoms with E-state index in [1.807, 2.05) is 0 Å². The van der Waals surface area contributed by atoms with E-state index < -0.39 is 21.7 Å². The van der Waals surface area contributed by atoms with Gasteiger partial charge in [-0.2, -0.15) is 0 Å². The highest BCUT2D eigenvalue weighted by Crippen LogP contribution is 2.20. The number of halogens is 2. The van der Waals surface area contributed by atoms with Gasteiger partial charge >= 0.3 is 0 Å². The number of carbonyl (C=O) groups excluding carboxylic acids is 1. The highest BCUT2D eigenvalue weighted by molar-refractivity contribution is 7.91. The van der Waals surface area contributed by atoms with Crippen LogP contribution in [-0.4, -0.2) is 43.8 Å². The van der Waals surface area contributed by atoms with E-state index in [4.69, 9.17) is 11.6 Å². The lowest BCUT2D eigenvalue weighted by atomic mass is 10.1. The Morgan fingerprint density at radius 3 is 2.57 bits per heavy atom. The fraction of sp³-hybridized carbons (Fsp3) is 0.500. The molecule has 21 heavy (non-hydrogen) atoms. The Kier molecular flexibility index (Phi) is 6.16. The lowest BCUT2D eigenvalue weighted by Crippen LogP contribution is -2.40. The second kappa shape index (κ2) is 7.22. The van der Waals surface area contributed by atoms with E-state index in [1.54, 1.807) is 13.8 Å². The van der Waals surface area contributed by atoms with E-state index in [9.17, 15) is 17.6 Å². The third-order valence-electron chi connectivity index (χ3n) is 3.38. The Hall–Kier alpha value is -1.14. The molecule has 7 heteroatoms. The van der Waals surface area contributed by atoms with Gasteiger partial charge in [-0.25, -0.2) is 12.8 Å². The minimum atomic E-state index is -3.18. The first-order valence-corrected chi connectivity index (χ1v) is 8.76. The molecule has 0 N–H and O–H groups in total. The van der Waals surface area contributed by atoms with Gasteiger partial charge in [0.25, 0.3) is 0 Å². The quantitative estimate of drug-likeness (QED) is 0.801. The maximum Gasteiger partial charge on any atom is 0.227 e. The monoisotopic (exact) mass is 335 g/mol. The molecule has 0 saturated carbocycles. The molecule has 0 unspecified atom stereocenters. The van der Waals surface area contributed by atoms with Crippen LogP contribution in [0.2, 0.25) is 5.02 Å². The van der Waals surface area contributed by atoms with Crippen LogP contribution < -0.4 is 0 Å². The van der Waals surface area contributed by atoms with Crippen molar-refractivity contribution in [2.45, 2.75) is 26.3 Å². The predicted molar refractivity (Wildman–Crippen MR) is 81.7 cm³/mol. The molecule has 0 spiro atoms. The normalized spacial score (nSPS) is 13.0. The van der Waals surface area contributed by atoms with E-state index in [2.05, 4.69) is 0 Å². The number of amides is 1. The van der Waals surface area contributed by atoms with Crippen molar-refractivity contribution in [2.24, 2.45) is 0 Å². The molecule has 118 valence electrons. The first-order valence-electron chi connectivity index (χ1n) is 6.57. The lowest BCUT2D eigenvalue weighted by molar-refractivity contribution is -0.130. The summed E-state index contributed by atoms with van der Waals surface area (Å²) in [5.41, 5.74) is 0.126. The van der Waals surface area contributed by atoms with Crippen molar-refractivity contribution in [2.75, 3.05) is 18.6 Å². The Labute approximate surface area is 129 Å². The fourth-order valence-electron chi connectivity index (χ4n) is 1.82. The van der Waals surface area contributed by atoms with Crippen LogP contribution in [0.3, 0.4) is 0 Å². The third-order valence-corrected chi connectivity index (χ3v) is 5.60. The van der Waals surface area contributed by atoms with E-state index in [1.165, 1.54) is 30.1 Å². The number of hydrogen-bond acceptors (Lipinski definition) is 3. The first kappa shape index (κ1) is 17.9. The standard InChI is InChI=1S/C14H19ClFNO3S/c1-4-21(19,20)9-10(2)17(3)14(18)8-11-12(15)6-5-7-13(11)16/h5-7,10H,4,8-9H2,1-3H3/t10-/m0/s1. The van der Waals surface area contributed by atoms with Crippen LogP contribution in [0.1, 0.15) is 19.4 Å². The second-order valence-electron chi connectivity index (χ2n) is 4.93. The molecular formula is C14H19ClFNO3S. The summed E-state index contributed by atoms with van der Waals surface area (Å²) in [6.07, 6.45) is -0.196. The summed E-state index contributed by atoms with van der Waals surface area (Å²) in [6.45, 7) is 3.21. The summed E-state index contributed by atoms with van der Waals surface area (Å²) >= 11 is 5.88. The van der Waals surface area contributed by atoms with Crippen molar-refractivity contribution in [1.29, 1.82) is 0 Å². The van der Waals surface area contributed by atoms with Gasteiger partial charge in [0.2, 0.25) is 5.91 Å². The molecular weight excluding hydrogens is 317 g/mol. The van der Waals surface area contributed by atoms with Crippen molar-refractivity contribution in [1.82, 2.24) is 4.90 Å². The number of sulfone groups is 1. The maximum atomic E-state index is 13.6. The Bertz CT molecular complexity index is 598. The molecule has 0 aliphatic rings. The average molecular weight is 336 g/mol. The van der Waals surface area contributed by atoms with Gasteiger partial charge < -0.3 is 4.90 Å². The van der Waals surface area contributed by atoms with Gasteiger partial charge in [-0.1, -0.05) is 24.6 Å². The van der Waals surface area contributed by atoms with Gasteiger partial charge in [0.1, 0.15) is 5.82 Å². The highest BCUT2D eigenvalue weighted by Gasteiger charge is 2.22. The van der Waals surface area contributed by atoms with Gasteiger partial charge in [-0.15, -0.1) is 0 Å². The summed E-state index contributed by atoms with van der Waals surface area (Å²) in [6, 6.07) is 3.73. The van der Waals surface area contributed by atoms with Gasteiger partial charge in [-0.3, -0.25) is 4.79 Å². The molecule has 1 amide bonds. The van der Waals surface area contributed by atoms with E-state index in [0.29, 0.717) is 0 Å². The molecule has 1 aromatic carbocycles. The van der Waals surface area contributed by atoms with Crippen LogP contribution in [0.4, 0.5) is 4.39 Å². The molecule has 0 saturated heterocycles. The Morgan fingerprint density at radius 2 is 2.05 bits per heavy atom. The van der Waals surface area contributed by atoms with Crippen molar-refractivity contribution >= 4 is 27.3 Å². The maximum absolute atomic E-state index is 13.6. The zero-order valence-electron chi connectivity index (χ0n) is 12.3. The van der Waals surface area contributed by atoms with E-state index >= 15 is 0 Å². The summed E-state index contributed by atoms with van der Waals surface area (Å²) in [4.78, 5) is 13.5. The number of carbonyl (C=O) groups is 1. The second-order valence-corrected chi connectivity index (χ2v) is 7.73. The molecule has 0 aliphatic carbocycles. The minimum Gasteiger partial charge on any atom is -0.342 e. The van der Waals surface area contributed by atoms with Crippen molar-refractivity contribution < 1.29 is 17.6 Å². The lowest BCUT2D eigenvalue weighted by Gasteiger charge is -2.25. The van der Waals surface area contributed by atoms with Crippen LogP contribution >= 0.6 is 11.6 Å². The molecule has 0 bridgehead atoms. The van der Waals surface area contributed by atoms with Crippen molar-refractivity contribution in [3.8, 4) is 0 Å². The van der Waals surface area contributed by atoms with Gasteiger partial charge in [0.05, 0.1) is 12.2 Å². The number of hydrogen-bond donors (Lipinski definition) is 0. The number of likely N-dealkylation sites (N-methyl/N-ethyl adjacent to an activating group) is 1. The molecule has 0 radical (unpaired) electrons. The first-order chi connectivity index (χ1) is 9.68. The van der Waals surface area contributed by atoms with Crippen LogP contribution in [-0.2, 0) is 21.1 Å². The summed E-state index contributed by atoms with van der Waals surface area (Å²) in [5, 5.41) is 0.186. The van der Waals surface area contributed by atoms with Crippen LogP contribution in [0.25, 0.3) is 0 Å². The van der Waals surface area contributed by atoms with Crippen molar-refractivity contribution in [3.05, 3.63) is 34.6 Å². The van der Waals surface area contributed by atoms with E-state index in [-0.39, 0.29) is 34.4 Å². The smallest absolute Gasteiger partial charge is 0.227 e. The largest absolute Gasteiger partial charge is 0.342 e. The number of rotatable bonds is 6. The van der Waals surface area contributed by atoms with Crippen LogP contribution in [0.15, 0.2) is 18.2 Å². The Morgan fingerprint density at radius 1 is 1.43 bits per heavy atom. The molecule has 1 atom stereocenters. The van der Waals surface area contributed by atoms with Gasteiger partial charge in [-0.05, 0) is 19.1 Å². The number of benzene rings is 1. The minimum absolute atomic E-state index is 0.0263. The summed E-state index contributed by atoms with van der Waals surface area (Å²) in [7, 11) is -1.67. The SMILES string of the molecule is CCS(=O)(=O)C[C@H](C)N(C)C(=O)Cc1c(F)cccc1Cl. The molecule has 4 nitrogen and oxygen atoms in total. The Balaban J connectivity index is 2.80. The molecule has 0 fully saturated rings. The van der Waals surface area contributed by atoms with Crippen molar-refractivity contribution in [3.63, 3.8) is 0 Å². The molecule has 1 aromatic rings. The van der Waals surface area contributed by atoms with Crippen LogP contribution in [0, 0.1) is 5.82 Å². The molecule has 0 heterocycles. The molecule has 1 rings (SSSR count). The fourth-order valence-corrected chi connectivity index (χ4v) is 3.24. The van der Waals surface area contributed by atoms with Gasteiger partial charge in [0.15, 0.2) is 9.84 Å². The molecule has 0 aliphatic heterocycles. The van der Waals surface area contributed by atoms with Gasteiger partial charge in [0, 0.05) is 29.4 Å². The molecule has 0 aromatic heterocycles. The predicted octanol–water partition coefficient (Wildman–Crippen LogP) is 2.30. The third kappa shape index (κ3) is 4.97. The zero-order valence-corrected chi connectivity index (χ0v) is 13.8. The summed E-state index contributed by atoms with van der Waals surface area (Å²) in [5.74, 6) is -1.01. The topological polar surface area (TPSA) is 54.5 Å². The zero-order chi connectivity index (χ0) is 16.2. The number of nitrogens with zero attached hydrogens (tertiary/aromatic N) is 1. The van der Waals surface area contributed by atoms with Crippen LogP contribution in [0.5, 0.6) is 0 Å².